The summed E-state index contributed by atoms with van der Waals surface area (Å²) in [5.41, 5.74) is 10.2. The predicted molar refractivity (Wildman–Crippen MR) is 70.0 cm³/mol. The van der Waals surface area contributed by atoms with Crippen LogP contribution < -0.4 is 11.1 Å². The van der Waals surface area contributed by atoms with Crippen LogP contribution in [0.15, 0.2) is 29.9 Å². The number of pyridine rings is 1. The maximum absolute atomic E-state index is 6.18. The van der Waals surface area contributed by atoms with Crippen LogP contribution in [0.4, 0.5) is 0 Å². The second kappa shape index (κ2) is 4.56. The molecule has 3 heterocycles. The summed E-state index contributed by atoms with van der Waals surface area (Å²) in [5, 5.41) is 5.59. The zero-order valence-corrected chi connectivity index (χ0v) is 10.3. The Morgan fingerprint density at radius 1 is 1.41 bits per heavy atom. The second-order valence-corrected chi connectivity index (χ2v) is 5.33. The van der Waals surface area contributed by atoms with Crippen molar-refractivity contribution in [1.29, 1.82) is 0 Å². The fourth-order valence-corrected chi connectivity index (χ4v) is 3.42. The minimum Gasteiger partial charge on any atom is -0.323 e. The molecule has 3 N–H and O–H groups in total. The van der Waals surface area contributed by atoms with E-state index in [4.69, 9.17) is 5.73 Å². The lowest BCUT2D eigenvalue weighted by molar-refractivity contribution is 0.560. The number of hydrogen-bond acceptors (Lipinski definition) is 4. The Morgan fingerprint density at radius 3 is 3.06 bits per heavy atom. The highest BCUT2D eigenvalue weighted by Crippen LogP contribution is 2.31. The first-order chi connectivity index (χ1) is 8.34. The molecule has 3 rings (SSSR count). The third-order valence-electron chi connectivity index (χ3n) is 3.15. The first-order valence-electron chi connectivity index (χ1n) is 5.79. The highest BCUT2D eigenvalue weighted by molar-refractivity contribution is 7.10. The summed E-state index contributed by atoms with van der Waals surface area (Å²) >= 11 is 1.82. The van der Waals surface area contributed by atoms with Gasteiger partial charge in [-0.3, -0.25) is 4.98 Å². The van der Waals surface area contributed by atoms with Crippen molar-refractivity contribution in [2.45, 2.75) is 19.0 Å². The Balaban J connectivity index is 1.92. The number of aromatic nitrogens is 1. The van der Waals surface area contributed by atoms with Crippen molar-refractivity contribution in [2.24, 2.45) is 5.73 Å². The monoisotopic (exact) mass is 245 g/mol. The van der Waals surface area contributed by atoms with Crippen molar-refractivity contribution in [3.8, 4) is 0 Å². The molecule has 0 saturated heterocycles. The molecule has 88 valence electrons. The van der Waals surface area contributed by atoms with Crippen LogP contribution in [-0.4, -0.2) is 11.5 Å². The van der Waals surface area contributed by atoms with Gasteiger partial charge in [0.1, 0.15) is 0 Å². The van der Waals surface area contributed by atoms with E-state index in [-0.39, 0.29) is 6.04 Å². The van der Waals surface area contributed by atoms with Gasteiger partial charge in [-0.05, 0) is 40.6 Å². The normalized spacial score (nSPS) is 19.0. The molecule has 0 fully saturated rings. The molecule has 0 saturated carbocycles. The van der Waals surface area contributed by atoms with Gasteiger partial charge in [0.15, 0.2) is 0 Å². The molecule has 0 radical (unpaired) electrons. The molecule has 3 nitrogen and oxygen atoms in total. The maximum atomic E-state index is 6.18. The number of nitrogens with two attached hydrogens (primary N) is 1. The Hall–Kier alpha value is -1.23. The Bertz CT molecular complexity index is 507. The molecule has 17 heavy (non-hydrogen) atoms. The van der Waals surface area contributed by atoms with Crippen LogP contribution in [0.2, 0.25) is 0 Å². The lowest BCUT2D eigenvalue weighted by Crippen LogP contribution is -2.32. The predicted octanol–water partition coefficient (Wildman–Crippen LogP) is 1.84. The largest absolute Gasteiger partial charge is 0.323 e. The summed E-state index contributed by atoms with van der Waals surface area (Å²) in [6, 6.07) is 4.27. The lowest BCUT2D eigenvalue weighted by Gasteiger charge is -2.21. The molecule has 0 aromatic carbocycles. The molecule has 2 aromatic rings. The summed E-state index contributed by atoms with van der Waals surface area (Å²) in [5.74, 6) is 0. The standard InChI is InChI=1S/C13H15N3S/c14-11-6-16-7-12-13(11)10(8-17-12)5-9-1-3-15-4-2-9/h1-4,8,11,16H,5-7,14H2. The molecule has 1 atom stereocenters. The minimum atomic E-state index is 0.141. The molecule has 0 amide bonds. The van der Waals surface area contributed by atoms with E-state index in [1.54, 1.807) is 0 Å². The number of thiophene rings is 1. The van der Waals surface area contributed by atoms with E-state index in [1.807, 2.05) is 23.7 Å². The first-order valence-corrected chi connectivity index (χ1v) is 6.67. The SMILES string of the molecule is NC1CNCc2scc(Cc3ccncc3)c21. The van der Waals surface area contributed by atoms with Crippen molar-refractivity contribution in [1.82, 2.24) is 10.3 Å². The third-order valence-corrected chi connectivity index (χ3v) is 4.21. The van der Waals surface area contributed by atoms with Crippen LogP contribution in [0.3, 0.4) is 0 Å². The fraction of sp³-hybridized carbons (Fsp3) is 0.308. The summed E-state index contributed by atoms with van der Waals surface area (Å²) in [6.07, 6.45) is 4.65. The topological polar surface area (TPSA) is 50.9 Å². The Labute approximate surface area is 105 Å². The summed E-state index contributed by atoms with van der Waals surface area (Å²) in [6.45, 7) is 1.84. The van der Waals surface area contributed by atoms with Gasteiger partial charge in [0.2, 0.25) is 0 Å². The van der Waals surface area contributed by atoms with Crippen LogP contribution in [0, 0.1) is 0 Å². The third kappa shape index (κ3) is 2.11. The molecule has 1 unspecified atom stereocenters. The van der Waals surface area contributed by atoms with Gasteiger partial charge in [-0.25, -0.2) is 0 Å². The highest BCUT2D eigenvalue weighted by Gasteiger charge is 2.21. The van der Waals surface area contributed by atoms with Crippen molar-refractivity contribution >= 4 is 11.3 Å². The van der Waals surface area contributed by atoms with Gasteiger partial charge in [-0.1, -0.05) is 0 Å². The Morgan fingerprint density at radius 2 is 2.24 bits per heavy atom. The van der Waals surface area contributed by atoms with Crippen molar-refractivity contribution in [2.75, 3.05) is 6.54 Å². The lowest BCUT2D eigenvalue weighted by atomic mass is 9.96. The number of nitrogens with zero attached hydrogens (tertiary/aromatic N) is 1. The van der Waals surface area contributed by atoms with Crippen molar-refractivity contribution < 1.29 is 0 Å². The quantitative estimate of drug-likeness (QED) is 0.849. The van der Waals surface area contributed by atoms with Gasteiger partial charge in [0.05, 0.1) is 0 Å². The van der Waals surface area contributed by atoms with Crippen LogP contribution in [0.25, 0.3) is 0 Å². The summed E-state index contributed by atoms with van der Waals surface area (Å²) < 4.78 is 0. The van der Waals surface area contributed by atoms with E-state index in [9.17, 15) is 0 Å². The average Bonchev–Trinajstić information content (AvgIpc) is 2.75. The van der Waals surface area contributed by atoms with E-state index >= 15 is 0 Å². The van der Waals surface area contributed by atoms with Crippen LogP contribution >= 0.6 is 11.3 Å². The molecule has 0 bridgehead atoms. The number of nitrogens with one attached hydrogen (secondary N) is 1. The highest BCUT2D eigenvalue weighted by atomic mass is 32.1. The van der Waals surface area contributed by atoms with Crippen molar-refractivity contribution in [3.05, 3.63) is 51.5 Å². The van der Waals surface area contributed by atoms with Gasteiger partial charge in [0, 0.05) is 36.4 Å². The summed E-state index contributed by atoms with van der Waals surface area (Å²) in [4.78, 5) is 5.44. The van der Waals surface area contributed by atoms with E-state index in [0.29, 0.717) is 0 Å². The average molecular weight is 245 g/mol. The van der Waals surface area contributed by atoms with Gasteiger partial charge in [-0.2, -0.15) is 0 Å². The molecule has 0 spiro atoms. The van der Waals surface area contributed by atoms with E-state index < -0.39 is 0 Å². The zero-order valence-electron chi connectivity index (χ0n) is 9.52. The molecule has 1 aliphatic heterocycles. The molecular formula is C13H15N3S. The first kappa shape index (κ1) is 10.9. The van der Waals surface area contributed by atoms with Gasteiger partial charge >= 0.3 is 0 Å². The molecule has 4 heteroatoms. The van der Waals surface area contributed by atoms with Crippen molar-refractivity contribution in [3.63, 3.8) is 0 Å². The fourth-order valence-electron chi connectivity index (χ4n) is 2.33. The van der Waals surface area contributed by atoms with E-state index in [1.165, 1.54) is 21.6 Å². The number of rotatable bonds is 2. The molecule has 0 aliphatic carbocycles. The van der Waals surface area contributed by atoms with Crippen LogP contribution in [-0.2, 0) is 13.0 Å². The van der Waals surface area contributed by atoms with Gasteiger partial charge in [-0.15, -0.1) is 11.3 Å². The molecule has 1 aliphatic rings. The molecular weight excluding hydrogens is 230 g/mol. The zero-order chi connectivity index (χ0) is 11.7. The maximum Gasteiger partial charge on any atom is 0.0436 e. The van der Waals surface area contributed by atoms with Gasteiger partial charge in [0.25, 0.3) is 0 Å². The van der Waals surface area contributed by atoms with Crippen LogP contribution in [0.5, 0.6) is 0 Å². The molecule has 2 aromatic heterocycles. The minimum absolute atomic E-state index is 0.141. The van der Waals surface area contributed by atoms with E-state index in [0.717, 1.165) is 19.5 Å². The summed E-state index contributed by atoms with van der Waals surface area (Å²) in [7, 11) is 0. The van der Waals surface area contributed by atoms with E-state index in [2.05, 4.69) is 27.8 Å². The van der Waals surface area contributed by atoms with Crippen LogP contribution in [0.1, 0.15) is 27.6 Å². The second-order valence-electron chi connectivity index (χ2n) is 4.37. The number of hydrogen-bond donors (Lipinski definition) is 2. The smallest absolute Gasteiger partial charge is 0.0436 e. The number of fused-ring (bicyclic) bond motifs is 1. The van der Waals surface area contributed by atoms with Gasteiger partial charge < -0.3 is 11.1 Å². The Kier molecular flexibility index (Phi) is 2.93.